The Kier molecular flexibility index (Phi) is 3.97. The van der Waals surface area contributed by atoms with Gasteiger partial charge in [-0.05, 0) is 24.4 Å². The number of thiocarbonyl (C=S) groups is 2. The molecule has 0 saturated heterocycles. The zero-order valence-electron chi connectivity index (χ0n) is 5.84. The molecule has 58 valence electrons. The van der Waals surface area contributed by atoms with Crippen LogP contribution in [0.4, 0.5) is 0 Å². The molecule has 0 aliphatic carbocycles. The highest BCUT2D eigenvalue weighted by atomic mass is 32.1. The molecule has 4 nitrogen and oxygen atoms in total. The molecular formula is C4H10N4S2. The van der Waals surface area contributed by atoms with Crippen LogP contribution in [-0.4, -0.2) is 29.3 Å². The molecule has 0 saturated carbocycles. The first-order valence-corrected chi connectivity index (χ1v) is 3.41. The van der Waals surface area contributed by atoms with Gasteiger partial charge in [-0.3, -0.25) is 10.4 Å². The fourth-order valence-electron chi connectivity index (χ4n) is 0.384. The lowest BCUT2D eigenvalue weighted by molar-refractivity contribution is 0.453. The molecule has 0 aromatic heterocycles. The van der Waals surface area contributed by atoms with Gasteiger partial charge in [0.2, 0.25) is 0 Å². The molecule has 0 rings (SSSR count). The van der Waals surface area contributed by atoms with Crippen molar-refractivity contribution in [3.63, 3.8) is 0 Å². The summed E-state index contributed by atoms with van der Waals surface area (Å²) in [6.07, 6.45) is 0. The standard InChI is InChI=1S/C4H10N4S2/c1-6-4(10)8(2)7-3(5)9/h1-2H3,(H,6,10)(H3,5,7,9). The van der Waals surface area contributed by atoms with Crippen molar-refractivity contribution < 1.29 is 0 Å². The molecule has 0 radical (unpaired) electrons. The minimum atomic E-state index is 0.195. The Balaban J connectivity index is 3.72. The minimum Gasteiger partial charge on any atom is -0.375 e. The van der Waals surface area contributed by atoms with Crippen LogP contribution < -0.4 is 16.5 Å². The summed E-state index contributed by atoms with van der Waals surface area (Å²) in [6.45, 7) is 0. The van der Waals surface area contributed by atoms with Crippen molar-refractivity contribution in [2.45, 2.75) is 0 Å². The molecular weight excluding hydrogens is 168 g/mol. The van der Waals surface area contributed by atoms with Crippen LogP contribution in [0.2, 0.25) is 0 Å². The van der Waals surface area contributed by atoms with E-state index in [1.54, 1.807) is 14.1 Å². The van der Waals surface area contributed by atoms with E-state index in [1.807, 2.05) is 0 Å². The van der Waals surface area contributed by atoms with Gasteiger partial charge in [-0.15, -0.1) is 0 Å². The molecule has 0 aliphatic heterocycles. The summed E-state index contributed by atoms with van der Waals surface area (Å²) in [7, 11) is 3.44. The first kappa shape index (κ1) is 9.38. The molecule has 0 aromatic carbocycles. The van der Waals surface area contributed by atoms with Gasteiger partial charge < -0.3 is 11.1 Å². The second-order valence-corrected chi connectivity index (χ2v) is 2.42. The monoisotopic (exact) mass is 178 g/mol. The Morgan fingerprint density at radius 1 is 1.50 bits per heavy atom. The van der Waals surface area contributed by atoms with Crippen LogP contribution in [0.5, 0.6) is 0 Å². The quantitative estimate of drug-likeness (QED) is 0.332. The maximum absolute atomic E-state index is 5.18. The van der Waals surface area contributed by atoms with Crippen LogP contribution in [0.15, 0.2) is 0 Å². The van der Waals surface area contributed by atoms with E-state index in [4.69, 9.17) is 18.0 Å². The van der Waals surface area contributed by atoms with E-state index >= 15 is 0 Å². The van der Waals surface area contributed by atoms with E-state index < -0.39 is 0 Å². The van der Waals surface area contributed by atoms with E-state index in [0.717, 1.165) is 0 Å². The number of rotatable bonds is 0. The van der Waals surface area contributed by atoms with E-state index in [2.05, 4.69) is 23.0 Å². The fraction of sp³-hybridized carbons (Fsp3) is 0.500. The Bertz CT molecular complexity index is 146. The SMILES string of the molecule is CNC(=S)N(C)NC(N)=S. The maximum Gasteiger partial charge on any atom is 0.187 e. The number of nitrogens with zero attached hydrogens (tertiary/aromatic N) is 1. The zero-order chi connectivity index (χ0) is 8.15. The van der Waals surface area contributed by atoms with Crippen LogP contribution >= 0.6 is 24.4 Å². The summed E-state index contributed by atoms with van der Waals surface area (Å²) in [6, 6.07) is 0. The summed E-state index contributed by atoms with van der Waals surface area (Å²) < 4.78 is 0. The van der Waals surface area contributed by atoms with Gasteiger partial charge in [0.15, 0.2) is 10.2 Å². The van der Waals surface area contributed by atoms with Gasteiger partial charge in [0, 0.05) is 14.1 Å². The summed E-state index contributed by atoms with van der Waals surface area (Å²) in [4.78, 5) is 0. The van der Waals surface area contributed by atoms with Crippen LogP contribution in [0.1, 0.15) is 0 Å². The van der Waals surface area contributed by atoms with E-state index in [0.29, 0.717) is 5.11 Å². The third kappa shape index (κ3) is 3.41. The highest BCUT2D eigenvalue weighted by Gasteiger charge is 1.99. The van der Waals surface area contributed by atoms with Gasteiger partial charge in [-0.2, -0.15) is 0 Å². The van der Waals surface area contributed by atoms with Crippen molar-refractivity contribution in [3.8, 4) is 0 Å². The Morgan fingerprint density at radius 3 is 2.30 bits per heavy atom. The Hall–Kier alpha value is -0.620. The summed E-state index contributed by atoms with van der Waals surface area (Å²) in [5.41, 5.74) is 7.81. The van der Waals surface area contributed by atoms with Crippen LogP contribution in [0.25, 0.3) is 0 Å². The zero-order valence-corrected chi connectivity index (χ0v) is 7.47. The molecule has 10 heavy (non-hydrogen) atoms. The fourth-order valence-corrected chi connectivity index (χ4v) is 0.566. The minimum absolute atomic E-state index is 0.195. The van der Waals surface area contributed by atoms with Crippen molar-refractivity contribution >= 4 is 34.7 Å². The van der Waals surface area contributed by atoms with Crippen molar-refractivity contribution in [2.24, 2.45) is 5.73 Å². The molecule has 0 unspecified atom stereocenters. The van der Waals surface area contributed by atoms with E-state index in [9.17, 15) is 0 Å². The maximum atomic E-state index is 5.18. The number of hydrazine groups is 1. The van der Waals surface area contributed by atoms with Gasteiger partial charge in [-0.1, -0.05) is 0 Å². The molecule has 0 aliphatic rings. The third-order valence-corrected chi connectivity index (χ3v) is 1.37. The largest absolute Gasteiger partial charge is 0.375 e. The Labute approximate surface area is 70.7 Å². The predicted octanol–water partition coefficient (Wildman–Crippen LogP) is -0.829. The average Bonchev–Trinajstić information content (AvgIpc) is 1.85. The lowest BCUT2D eigenvalue weighted by Crippen LogP contribution is -2.48. The first-order chi connectivity index (χ1) is 4.57. The molecule has 0 bridgehead atoms. The van der Waals surface area contributed by atoms with Crippen molar-refractivity contribution in [1.82, 2.24) is 15.8 Å². The van der Waals surface area contributed by atoms with Crippen LogP contribution in [-0.2, 0) is 0 Å². The lowest BCUT2D eigenvalue weighted by atomic mass is 10.9. The van der Waals surface area contributed by atoms with Crippen LogP contribution in [0.3, 0.4) is 0 Å². The molecule has 6 heteroatoms. The van der Waals surface area contributed by atoms with Crippen LogP contribution in [0, 0.1) is 0 Å². The van der Waals surface area contributed by atoms with Crippen molar-refractivity contribution in [2.75, 3.05) is 14.1 Å². The molecule has 0 spiro atoms. The number of hydrogen-bond donors (Lipinski definition) is 3. The molecule has 0 fully saturated rings. The van der Waals surface area contributed by atoms with E-state index in [1.165, 1.54) is 5.01 Å². The second kappa shape index (κ2) is 4.24. The average molecular weight is 178 g/mol. The summed E-state index contributed by atoms with van der Waals surface area (Å²) >= 11 is 9.41. The topological polar surface area (TPSA) is 53.3 Å². The van der Waals surface area contributed by atoms with Gasteiger partial charge in [-0.25, -0.2) is 0 Å². The van der Waals surface area contributed by atoms with Gasteiger partial charge in [0.1, 0.15) is 0 Å². The predicted molar refractivity (Wildman–Crippen MR) is 49.3 cm³/mol. The molecule has 0 atom stereocenters. The van der Waals surface area contributed by atoms with Crippen molar-refractivity contribution in [1.29, 1.82) is 0 Å². The third-order valence-electron chi connectivity index (χ3n) is 0.796. The smallest absolute Gasteiger partial charge is 0.187 e. The molecule has 0 amide bonds. The molecule has 0 aromatic rings. The Morgan fingerprint density at radius 2 is 2.00 bits per heavy atom. The molecule has 4 N–H and O–H groups in total. The summed E-state index contributed by atoms with van der Waals surface area (Å²) in [5, 5.41) is 5.00. The number of nitrogens with one attached hydrogen (secondary N) is 2. The van der Waals surface area contributed by atoms with Gasteiger partial charge in [0.05, 0.1) is 0 Å². The molecule has 0 heterocycles. The van der Waals surface area contributed by atoms with Crippen molar-refractivity contribution in [3.05, 3.63) is 0 Å². The highest BCUT2D eigenvalue weighted by molar-refractivity contribution is 7.80. The van der Waals surface area contributed by atoms with Gasteiger partial charge >= 0.3 is 0 Å². The van der Waals surface area contributed by atoms with E-state index in [-0.39, 0.29) is 5.11 Å². The second-order valence-electron chi connectivity index (χ2n) is 1.59. The number of nitrogens with two attached hydrogens (primary N) is 1. The van der Waals surface area contributed by atoms with Gasteiger partial charge in [0.25, 0.3) is 0 Å². The number of hydrogen-bond acceptors (Lipinski definition) is 2. The lowest BCUT2D eigenvalue weighted by Gasteiger charge is -2.19. The summed E-state index contributed by atoms with van der Waals surface area (Å²) in [5.74, 6) is 0. The normalized spacial score (nSPS) is 8.20. The highest BCUT2D eigenvalue weighted by Crippen LogP contribution is 1.75. The first-order valence-electron chi connectivity index (χ1n) is 2.59.